The minimum absolute atomic E-state index is 0.101. The summed E-state index contributed by atoms with van der Waals surface area (Å²) in [6.07, 6.45) is 0.954. The van der Waals surface area contributed by atoms with E-state index in [0.29, 0.717) is 21.3 Å². The van der Waals surface area contributed by atoms with Crippen LogP contribution in [0.5, 0.6) is 0 Å². The monoisotopic (exact) mass is 416 g/mol. The Bertz CT molecular complexity index is 879. The van der Waals surface area contributed by atoms with E-state index in [4.69, 9.17) is 28.5 Å². The zero-order valence-electron chi connectivity index (χ0n) is 15.7. The highest BCUT2D eigenvalue weighted by Gasteiger charge is 2.24. The van der Waals surface area contributed by atoms with Crippen molar-refractivity contribution < 1.29 is 4.79 Å². The van der Waals surface area contributed by atoms with E-state index in [1.54, 1.807) is 18.2 Å². The van der Waals surface area contributed by atoms with Gasteiger partial charge in [-0.1, -0.05) is 29.3 Å². The summed E-state index contributed by atoms with van der Waals surface area (Å²) in [4.78, 5) is 17.2. The maximum Gasteiger partial charge on any atom is 0.241 e. The molecule has 1 aliphatic heterocycles. The Hall–Kier alpha value is -2.26. The molecule has 1 heterocycles. The first-order valence-electron chi connectivity index (χ1n) is 9.23. The number of hydrogen-bond donors (Lipinski definition) is 1. The van der Waals surface area contributed by atoms with Crippen molar-refractivity contribution in [2.24, 2.45) is 0 Å². The van der Waals surface area contributed by atoms with Gasteiger partial charge in [0.25, 0.3) is 0 Å². The van der Waals surface area contributed by atoms with Crippen LogP contribution >= 0.6 is 23.2 Å². The van der Waals surface area contributed by atoms with Crippen LogP contribution in [-0.2, 0) is 4.79 Å². The molecule has 1 N–H and O–H groups in total. The number of rotatable bonds is 4. The van der Waals surface area contributed by atoms with Crippen LogP contribution in [-0.4, -0.2) is 43.0 Å². The molecule has 1 atom stereocenters. The summed E-state index contributed by atoms with van der Waals surface area (Å²) >= 11 is 12.2. The Kier molecular flexibility index (Phi) is 6.79. The highest BCUT2D eigenvalue weighted by Crippen LogP contribution is 2.29. The molecule has 1 aliphatic rings. The average Bonchev–Trinajstić information content (AvgIpc) is 2.97. The predicted molar refractivity (Wildman–Crippen MR) is 114 cm³/mol. The molecule has 0 spiro atoms. The van der Waals surface area contributed by atoms with Gasteiger partial charge in [-0.2, -0.15) is 5.26 Å². The van der Waals surface area contributed by atoms with E-state index in [9.17, 15) is 4.79 Å². The summed E-state index contributed by atoms with van der Waals surface area (Å²) in [7, 11) is 0. The lowest BCUT2D eigenvalue weighted by Gasteiger charge is -2.27. The van der Waals surface area contributed by atoms with Gasteiger partial charge in [0.2, 0.25) is 5.91 Å². The maximum absolute atomic E-state index is 12.7. The second-order valence-corrected chi connectivity index (χ2v) is 7.59. The Morgan fingerprint density at radius 1 is 1.11 bits per heavy atom. The first kappa shape index (κ1) is 20.5. The second kappa shape index (κ2) is 9.29. The molecule has 0 aliphatic carbocycles. The van der Waals surface area contributed by atoms with E-state index >= 15 is 0 Å². The largest absolute Gasteiger partial charge is 0.370 e. The summed E-state index contributed by atoms with van der Waals surface area (Å²) in [5.41, 5.74) is 2.29. The Morgan fingerprint density at radius 3 is 2.57 bits per heavy atom. The Labute approximate surface area is 175 Å². The average molecular weight is 417 g/mol. The quantitative estimate of drug-likeness (QED) is 0.801. The smallest absolute Gasteiger partial charge is 0.241 e. The molecule has 0 aromatic heterocycles. The molecule has 3 rings (SSSR count). The molecule has 1 saturated heterocycles. The highest BCUT2D eigenvalue weighted by molar-refractivity contribution is 6.44. The number of nitriles is 1. The van der Waals surface area contributed by atoms with Crippen LogP contribution in [0.4, 0.5) is 11.4 Å². The standard InChI is InChI=1S/C21H22Cl2N4O/c1-15(21(28)25-19-5-2-4-18(22)20(19)23)26-10-3-11-27(13-12-26)17-8-6-16(14-24)7-9-17/h2,4-9,15H,3,10-13H2,1H3,(H,25,28). The van der Waals surface area contributed by atoms with Gasteiger partial charge >= 0.3 is 0 Å². The van der Waals surface area contributed by atoms with Crippen LogP contribution in [0, 0.1) is 11.3 Å². The van der Waals surface area contributed by atoms with Gasteiger partial charge in [-0.05, 0) is 49.7 Å². The van der Waals surface area contributed by atoms with Gasteiger partial charge in [-0.3, -0.25) is 9.69 Å². The first-order chi connectivity index (χ1) is 13.5. The molecule has 0 radical (unpaired) electrons. The number of anilines is 2. The van der Waals surface area contributed by atoms with E-state index in [0.717, 1.165) is 38.3 Å². The number of nitrogens with one attached hydrogen (secondary N) is 1. The van der Waals surface area contributed by atoms with Gasteiger partial charge in [0.05, 0.1) is 33.4 Å². The van der Waals surface area contributed by atoms with E-state index in [2.05, 4.69) is 21.2 Å². The Balaban J connectivity index is 1.61. The van der Waals surface area contributed by atoms with Crippen molar-refractivity contribution in [3.63, 3.8) is 0 Å². The van der Waals surface area contributed by atoms with Crippen molar-refractivity contribution in [2.75, 3.05) is 36.4 Å². The number of benzene rings is 2. The van der Waals surface area contributed by atoms with Gasteiger partial charge in [0, 0.05) is 31.9 Å². The minimum Gasteiger partial charge on any atom is -0.370 e. The molecule has 146 valence electrons. The third kappa shape index (κ3) is 4.77. The van der Waals surface area contributed by atoms with Crippen LogP contribution in [0.15, 0.2) is 42.5 Å². The van der Waals surface area contributed by atoms with Crippen LogP contribution < -0.4 is 10.2 Å². The van der Waals surface area contributed by atoms with E-state index in [1.807, 2.05) is 31.2 Å². The number of carbonyl (C=O) groups is 1. The van der Waals surface area contributed by atoms with Crippen molar-refractivity contribution in [1.82, 2.24) is 4.90 Å². The zero-order valence-corrected chi connectivity index (χ0v) is 17.2. The van der Waals surface area contributed by atoms with Gasteiger partial charge in [-0.25, -0.2) is 0 Å². The molecule has 0 bridgehead atoms. The van der Waals surface area contributed by atoms with Crippen LogP contribution in [0.3, 0.4) is 0 Å². The van der Waals surface area contributed by atoms with Crippen molar-refractivity contribution >= 4 is 40.5 Å². The molecule has 7 heteroatoms. The van der Waals surface area contributed by atoms with Gasteiger partial charge in [-0.15, -0.1) is 0 Å². The lowest BCUT2D eigenvalue weighted by Crippen LogP contribution is -2.44. The van der Waals surface area contributed by atoms with Crippen molar-refractivity contribution in [3.05, 3.63) is 58.1 Å². The van der Waals surface area contributed by atoms with Crippen molar-refractivity contribution in [3.8, 4) is 6.07 Å². The van der Waals surface area contributed by atoms with Crippen molar-refractivity contribution in [1.29, 1.82) is 5.26 Å². The topological polar surface area (TPSA) is 59.4 Å². The molecular weight excluding hydrogens is 395 g/mol. The second-order valence-electron chi connectivity index (χ2n) is 6.80. The number of carbonyl (C=O) groups excluding carboxylic acids is 1. The normalized spacial score (nSPS) is 16.1. The fourth-order valence-electron chi connectivity index (χ4n) is 3.33. The van der Waals surface area contributed by atoms with E-state index in [1.165, 1.54) is 0 Å². The molecule has 1 unspecified atom stereocenters. The van der Waals surface area contributed by atoms with E-state index < -0.39 is 0 Å². The van der Waals surface area contributed by atoms with Crippen LogP contribution in [0.25, 0.3) is 0 Å². The molecule has 1 amide bonds. The van der Waals surface area contributed by atoms with Crippen LogP contribution in [0.1, 0.15) is 18.9 Å². The fourth-order valence-corrected chi connectivity index (χ4v) is 3.68. The zero-order chi connectivity index (χ0) is 20.1. The molecular formula is C21H22Cl2N4O. The SMILES string of the molecule is CC(C(=O)Nc1cccc(Cl)c1Cl)N1CCCN(c2ccc(C#N)cc2)CC1. The summed E-state index contributed by atoms with van der Waals surface area (Å²) in [6.45, 7) is 5.26. The predicted octanol–water partition coefficient (Wildman–Crippen LogP) is 4.40. The molecule has 2 aromatic carbocycles. The third-order valence-corrected chi connectivity index (χ3v) is 5.85. The summed E-state index contributed by atoms with van der Waals surface area (Å²) in [6, 6.07) is 14.7. The van der Waals surface area contributed by atoms with Gasteiger partial charge in [0.15, 0.2) is 0 Å². The number of nitrogens with zero attached hydrogens (tertiary/aromatic N) is 3. The summed E-state index contributed by atoms with van der Waals surface area (Å²) in [5.74, 6) is -0.101. The molecule has 2 aromatic rings. The highest BCUT2D eigenvalue weighted by atomic mass is 35.5. The summed E-state index contributed by atoms with van der Waals surface area (Å²) < 4.78 is 0. The van der Waals surface area contributed by atoms with E-state index in [-0.39, 0.29) is 11.9 Å². The fraction of sp³-hybridized carbons (Fsp3) is 0.333. The molecule has 0 saturated carbocycles. The number of amides is 1. The Morgan fingerprint density at radius 2 is 1.86 bits per heavy atom. The minimum atomic E-state index is -0.282. The maximum atomic E-state index is 12.7. The molecule has 1 fully saturated rings. The first-order valence-corrected chi connectivity index (χ1v) is 9.99. The molecule has 28 heavy (non-hydrogen) atoms. The molecule has 5 nitrogen and oxygen atoms in total. The van der Waals surface area contributed by atoms with Crippen LogP contribution in [0.2, 0.25) is 10.0 Å². The lowest BCUT2D eigenvalue weighted by molar-refractivity contribution is -0.120. The number of halogens is 2. The van der Waals surface area contributed by atoms with Gasteiger partial charge < -0.3 is 10.2 Å². The van der Waals surface area contributed by atoms with Crippen molar-refractivity contribution in [2.45, 2.75) is 19.4 Å². The van der Waals surface area contributed by atoms with Gasteiger partial charge in [0.1, 0.15) is 0 Å². The third-order valence-electron chi connectivity index (χ3n) is 5.03. The lowest BCUT2D eigenvalue weighted by atomic mass is 10.2. The number of hydrogen-bond acceptors (Lipinski definition) is 4. The summed E-state index contributed by atoms with van der Waals surface area (Å²) in [5, 5.41) is 12.6.